The van der Waals surface area contributed by atoms with E-state index in [0.29, 0.717) is 12.5 Å². The van der Waals surface area contributed by atoms with Gasteiger partial charge in [0.25, 0.3) is 0 Å². The molecule has 0 spiro atoms. The van der Waals surface area contributed by atoms with Gasteiger partial charge in [-0.25, -0.2) is 4.79 Å². The number of hydrogen-bond donors (Lipinski definition) is 3. The van der Waals surface area contributed by atoms with Crippen LogP contribution >= 0.6 is 0 Å². The van der Waals surface area contributed by atoms with Crippen LogP contribution < -0.4 is 11.4 Å². The van der Waals surface area contributed by atoms with Crippen LogP contribution in [-0.2, 0) is 0 Å². The Kier molecular flexibility index (Phi) is 2.92. The molecule has 4 N–H and O–H groups in total. The SMILES string of the molecule is CC(CN)c1cccc(-c2c[nH]c(=O)[nH]2)c1. The maximum absolute atomic E-state index is 11.0. The standard InChI is InChI=1S/C12H15N3O/c1-8(6-13)9-3-2-4-10(5-9)11-7-14-12(16)15-11/h2-5,7-8H,6,13H2,1H3,(H2,14,15,16). The average Bonchev–Trinajstić information content (AvgIpc) is 2.75. The van der Waals surface area contributed by atoms with E-state index < -0.39 is 0 Å². The van der Waals surface area contributed by atoms with Crippen molar-refractivity contribution >= 4 is 0 Å². The molecule has 0 radical (unpaired) electrons. The number of aromatic amines is 2. The molecule has 2 aromatic rings. The number of hydrogen-bond acceptors (Lipinski definition) is 2. The Labute approximate surface area is 93.5 Å². The minimum Gasteiger partial charge on any atom is -0.330 e. The predicted molar refractivity (Wildman–Crippen MR) is 64.3 cm³/mol. The maximum Gasteiger partial charge on any atom is 0.323 e. The van der Waals surface area contributed by atoms with E-state index in [1.54, 1.807) is 6.20 Å². The van der Waals surface area contributed by atoms with Crippen LogP contribution in [0.25, 0.3) is 11.3 Å². The topological polar surface area (TPSA) is 74.7 Å². The van der Waals surface area contributed by atoms with Crippen LogP contribution in [-0.4, -0.2) is 16.5 Å². The van der Waals surface area contributed by atoms with E-state index >= 15 is 0 Å². The predicted octanol–water partition coefficient (Wildman–Crippen LogP) is 1.43. The molecule has 16 heavy (non-hydrogen) atoms. The average molecular weight is 217 g/mol. The Hall–Kier alpha value is -1.81. The van der Waals surface area contributed by atoms with E-state index in [0.717, 1.165) is 11.3 Å². The van der Waals surface area contributed by atoms with Crippen LogP contribution in [0.4, 0.5) is 0 Å². The number of nitrogens with two attached hydrogens (primary N) is 1. The van der Waals surface area contributed by atoms with E-state index in [1.165, 1.54) is 5.56 Å². The van der Waals surface area contributed by atoms with Crippen molar-refractivity contribution in [1.82, 2.24) is 9.97 Å². The summed E-state index contributed by atoms with van der Waals surface area (Å²) < 4.78 is 0. The molecule has 4 nitrogen and oxygen atoms in total. The molecule has 0 fully saturated rings. The fraction of sp³-hybridized carbons (Fsp3) is 0.250. The zero-order chi connectivity index (χ0) is 11.5. The Bertz CT molecular complexity index is 527. The molecule has 0 bridgehead atoms. The van der Waals surface area contributed by atoms with E-state index in [2.05, 4.69) is 23.0 Å². The van der Waals surface area contributed by atoms with Crippen molar-refractivity contribution in [2.75, 3.05) is 6.54 Å². The third-order valence-corrected chi connectivity index (χ3v) is 2.72. The third kappa shape index (κ3) is 2.06. The summed E-state index contributed by atoms with van der Waals surface area (Å²) in [5.41, 5.74) is 8.43. The molecule has 1 atom stereocenters. The smallest absolute Gasteiger partial charge is 0.323 e. The number of H-pyrrole nitrogens is 2. The first-order valence-corrected chi connectivity index (χ1v) is 5.29. The van der Waals surface area contributed by atoms with Crippen molar-refractivity contribution in [3.63, 3.8) is 0 Å². The lowest BCUT2D eigenvalue weighted by Crippen LogP contribution is -2.08. The van der Waals surface area contributed by atoms with E-state index in [4.69, 9.17) is 5.73 Å². The van der Waals surface area contributed by atoms with Gasteiger partial charge >= 0.3 is 5.69 Å². The summed E-state index contributed by atoms with van der Waals surface area (Å²) in [6, 6.07) is 8.04. The monoisotopic (exact) mass is 217 g/mol. The fourth-order valence-corrected chi connectivity index (χ4v) is 1.64. The van der Waals surface area contributed by atoms with Crippen LogP contribution in [0, 0.1) is 0 Å². The zero-order valence-corrected chi connectivity index (χ0v) is 9.16. The summed E-state index contributed by atoms with van der Waals surface area (Å²) in [5.74, 6) is 0.325. The largest absolute Gasteiger partial charge is 0.330 e. The van der Waals surface area contributed by atoms with Crippen molar-refractivity contribution in [2.45, 2.75) is 12.8 Å². The highest BCUT2D eigenvalue weighted by atomic mass is 16.1. The first-order valence-electron chi connectivity index (χ1n) is 5.29. The molecule has 4 heteroatoms. The summed E-state index contributed by atoms with van der Waals surface area (Å²) in [5, 5.41) is 0. The van der Waals surface area contributed by atoms with Gasteiger partial charge in [0.15, 0.2) is 0 Å². The molecule has 1 heterocycles. The summed E-state index contributed by atoms with van der Waals surface area (Å²) in [6.07, 6.45) is 1.68. The van der Waals surface area contributed by atoms with Gasteiger partial charge in [-0.2, -0.15) is 0 Å². The van der Waals surface area contributed by atoms with Gasteiger partial charge in [-0.15, -0.1) is 0 Å². The Morgan fingerprint density at radius 3 is 2.88 bits per heavy atom. The van der Waals surface area contributed by atoms with Crippen LogP contribution in [0.3, 0.4) is 0 Å². The van der Waals surface area contributed by atoms with Gasteiger partial charge in [0.05, 0.1) is 5.69 Å². The molecule has 1 aromatic heterocycles. The normalized spacial score (nSPS) is 12.6. The third-order valence-electron chi connectivity index (χ3n) is 2.72. The highest BCUT2D eigenvalue weighted by Crippen LogP contribution is 2.21. The molecule has 1 aromatic carbocycles. The van der Waals surface area contributed by atoms with Crippen molar-refractivity contribution in [1.29, 1.82) is 0 Å². The minimum atomic E-state index is -0.188. The molecule has 84 valence electrons. The molecule has 0 aliphatic rings. The molecule has 0 saturated heterocycles. The second kappa shape index (κ2) is 4.37. The molecule has 0 aliphatic carbocycles. The summed E-state index contributed by atoms with van der Waals surface area (Å²) in [6.45, 7) is 2.70. The van der Waals surface area contributed by atoms with Gasteiger partial charge in [0, 0.05) is 6.20 Å². The first kappa shape index (κ1) is 10.7. The molecule has 0 saturated carbocycles. The van der Waals surface area contributed by atoms with E-state index in [1.807, 2.05) is 18.2 Å². The lowest BCUT2D eigenvalue weighted by Gasteiger charge is -2.09. The molecular formula is C12H15N3O. The van der Waals surface area contributed by atoms with Gasteiger partial charge in [0.1, 0.15) is 0 Å². The van der Waals surface area contributed by atoms with Gasteiger partial charge < -0.3 is 15.7 Å². The quantitative estimate of drug-likeness (QED) is 0.727. The Morgan fingerprint density at radius 2 is 2.25 bits per heavy atom. The van der Waals surface area contributed by atoms with E-state index in [9.17, 15) is 4.79 Å². The lowest BCUT2D eigenvalue weighted by atomic mass is 9.98. The fourth-order valence-electron chi connectivity index (χ4n) is 1.64. The zero-order valence-electron chi connectivity index (χ0n) is 9.16. The highest BCUT2D eigenvalue weighted by Gasteiger charge is 2.05. The molecule has 0 amide bonds. The Morgan fingerprint density at radius 1 is 1.44 bits per heavy atom. The second-order valence-electron chi connectivity index (χ2n) is 3.92. The number of imidazole rings is 1. The van der Waals surface area contributed by atoms with Gasteiger partial charge in [-0.05, 0) is 29.7 Å². The molecule has 2 rings (SSSR count). The number of benzene rings is 1. The molecule has 0 aliphatic heterocycles. The van der Waals surface area contributed by atoms with Crippen LogP contribution in [0.15, 0.2) is 35.3 Å². The highest BCUT2D eigenvalue weighted by molar-refractivity contribution is 5.59. The van der Waals surface area contributed by atoms with Crippen molar-refractivity contribution < 1.29 is 0 Å². The first-order chi connectivity index (χ1) is 7.70. The van der Waals surface area contributed by atoms with Gasteiger partial charge in [0.2, 0.25) is 0 Å². The van der Waals surface area contributed by atoms with Crippen molar-refractivity contribution in [3.05, 3.63) is 46.5 Å². The second-order valence-corrected chi connectivity index (χ2v) is 3.92. The molecular weight excluding hydrogens is 202 g/mol. The van der Waals surface area contributed by atoms with Crippen LogP contribution in [0.5, 0.6) is 0 Å². The van der Waals surface area contributed by atoms with Crippen LogP contribution in [0.1, 0.15) is 18.4 Å². The van der Waals surface area contributed by atoms with Gasteiger partial charge in [-0.1, -0.05) is 25.1 Å². The number of rotatable bonds is 3. The van der Waals surface area contributed by atoms with Crippen molar-refractivity contribution in [3.8, 4) is 11.3 Å². The summed E-state index contributed by atoms with van der Waals surface area (Å²) in [4.78, 5) is 16.3. The minimum absolute atomic E-state index is 0.188. The van der Waals surface area contributed by atoms with Crippen molar-refractivity contribution in [2.24, 2.45) is 5.73 Å². The Balaban J connectivity index is 2.39. The van der Waals surface area contributed by atoms with Crippen LogP contribution in [0.2, 0.25) is 0 Å². The summed E-state index contributed by atoms with van der Waals surface area (Å²) >= 11 is 0. The summed E-state index contributed by atoms with van der Waals surface area (Å²) in [7, 11) is 0. The number of aromatic nitrogens is 2. The molecule has 1 unspecified atom stereocenters. The number of nitrogens with one attached hydrogen (secondary N) is 2. The lowest BCUT2D eigenvalue weighted by molar-refractivity contribution is 0.774. The van der Waals surface area contributed by atoms with E-state index in [-0.39, 0.29) is 5.69 Å². The maximum atomic E-state index is 11.0. The van der Waals surface area contributed by atoms with Gasteiger partial charge in [-0.3, -0.25) is 0 Å².